The molecule has 0 radical (unpaired) electrons. The zero-order valence-corrected chi connectivity index (χ0v) is 13.8. The number of hydrogen-bond acceptors (Lipinski definition) is 6. The van der Waals surface area contributed by atoms with Crippen molar-refractivity contribution in [3.63, 3.8) is 0 Å². The maximum atomic E-state index is 14.4. The number of benzene rings is 1. The van der Waals surface area contributed by atoms with E-state index in [2.05, 4.69) is 15.3 Å². The van der Waals surface area contributed by atoms with Gasteiger partial charge in [-0.25, -0.2) is 14.4 Å². The Kier molecular flexibility index (Phi) is 4.29. The van der Waals surface area contributed by atoms with Crippen LogP contribution in [0, 0.1) is 5.82 Å². The SMILES string of the molecule is COc1cc(F)c(C(C)Nc2ncnc3sccc23)cc1OC. The molecule has 120 valence electrons. The summed E-state index contributed by atoms with van der Waals surface area (Å²) in [6.45, 7) is 1.87. The molecule has 3 aromatic rings. The standard InChI is InChI=1S/C16H16FN3O2S/c1-9(11-6-13(21-2)14(22-3)7-12(11)17)20-15-10-4-5-23-16(10)19-8-18-15/h4-9H,1-3H3,(H,18,19,20). The predicted molar refractivity (Wildman–Crippen MR) is 89.0 cm³/mol. The molecule has 1 unspecified atom stereocenters. The van der Waals surface area contributed by atoms with Crippen molar-refractivity contribution in [2.45, 2.75) is 13.0 Å². The summed E-state index contributed by atoms with van der Waals surface area (Å²) in [7, 11) is 3.00. The lowest BCUT2D eigenvalue weighted by Crippen LogP contribution is -2.10. The van der Waals surface area contributed by atoms with Crippen LogP contribution < -0.4 is 14.8 Å². The van der Waals surface area contributed by atoms with E-state index in [0.717, 1.165) is 10.2 Å². The lowest BCUT2D eigenvalue weighted by Gasteiger charge is -2.18. The first-order chi connectivity index (χ1) is 11.1. The summed E-state index contributed by atoms with van der Waals surface area (Å²) in [6, 6.07) is 4.61. The van der Waals surface area contributed by atoms with E-state index in [1.807, 2.05) is 18.4 Å². The number of ether oxygens (including phenoxy) is 2. The Balaban J connectivity index is 1.94. The van der Waals surface area contributed by atoms with E-state index in [9.17, 15) is 4.39 Å². The van der Waals surface area contributed by atoms with Crippen molar-refractivity contribution < 1.29 is 13.9 Å². The van der Waals surface area contributed by atoms with Gasteiger partial charge in [0.2, 0.25) is 0 Å². The first kappa shape index (κ1) is 15.5. The quantitative estimate of drug-likeness (QED) is 0.764. The topological polar surface area (TPSA) is 56.3 Å². The predicted octanol–water partition coefficient (Wildman–Crippen LogP) is 4.02. The summed E-state index contributed by atoms with van der Waals surface area (Å²) in [5, 5.41) is 6.11. The van der Waals surface area contributed by atoms with Crippen LogP contribution >= 0.6 is 11.3 Å². The van der Waals surface area contributed by atoms with Crippen LogP contribution in [0.15, 0.2) is 29.9 Å². The molecule has 0 amide bonds. The molecular weight excluding hydrogens is 317 g/mol. The molecule has 0 spiro atoms. The number of aromatic nitrogens is 2. The van der Waals surface area contributed by atoms with Gasteiger partial charge in [0, 0.05) is 11.6 Å². The van der Waals surface area contributed by atoms with E-state index in [1.165, 1.54) is 38.0 Å². The third-order valence-corrected chi connectivity index (χ3v) is 4.41. The first-order valence-electron chi connectivity index (χ1n) is 7.00. The van der Waals surface area contributed by atoms with Crippen molar-refractivity contribution in [1.82, 2.24) is 9.97 Å². The Morgan fingerprint density at radius 2 is 1.91 bits per heavy atom. The molecule has 2 aromatic heterocycles. The second-order valence-corrected chi connectivity index (χ2v) is 5.85. The van der Waals surface area contributed by atoms with Gasteiger partial charge in [0.15, 0.2) is 11.5 Å². The number of hydrogen-bond donors (Lipinski definition) is 1. The first-order valence-corrected chi connectivity index (χ1v) is 7.88. The van der Waals surface area contributed by atoms with Gasteiger partial charge in [0.05, 0.1) is 25.6 Å². The fourth-order valence-electron chi connectivity index (χ4n) is 2.39. The average molecular weight is 333 g/mol. The minimum atomic E-state index is -0.363. The summed E-state index contributed by atoms with van der Waals surface area (Å²) < 4.78 is 24.7. The lowest BCUT2D eigenvalue weighted by molar-refractivity contribution is 0.351. The van der Waals surface area contributed by atoms with Gasteiger partial charge in [-0.3, -0.25) is 0 Å². The van der Waals surface area contributed by atoms with E-state index < -0.39 is 0 Å². The Morgan fingerprint density at radius 1 is 1.17 bits per heavy atom. The molecule has 1 aromatic carbocycles. The lowest BCUT2D eigenvalue weighted by atomic mass is 10.1. The molecular formula is C16H16FN3O2S. The van der Waals surface area contributed by atoms with Crippen LogP contribution in [0.3, 0.4) is 0 Å². The van der Waals surface area contributed by atoms with Gasteiger partial charge >= 0.3 is 0 Å². The molecule has 23 heavy (non-hydrogen) atoms. The highest BCUT2D eigenvalue weighted by molar-refractivity contribution is 7.16. The molecule has 1 N–H and O–H groups in total. The number of halogens is 1. The molecule has 0 saturated carbocycles. The average Bonchev–Trinajstić information content (AvgIpc) is 3.04. The molecule has 7 heteroatoms. The molecule has 0 aliphatic rings. The summed E-state index contributed by atoms with van der Waals surface area (Å²) in [5.41, 5.74) is 0.477. The maximum absolute atomic E-state index is 14.4. The zero-order valence-electron chi connectivity index (χ0n) is 13.0. The van der Waals surface area contributed by atoms with Gasteiger partial charge in [-0.05, 0) is 24.4 Å². The molecule has 0 aliphatic carbocycles. The summed E-state index contributed by atoms with van der Waals surface area (Å²) >= 11 is 1.54. The van der Waals surface area contributed by atoms with Crippen LogP contribution in [0.1, 0.15) is 18.5 Å². The van der Waals surface area contributed by atoms with Crippen molar-refractivity contribution >= 4 is 27.4 Å². The third kappa shape index (κ3) is 2.92. The Labute approximate surface area is 137 Å². The summed E-state index contributed by atoms with van der Waals surface area (Å²) in [5.74, 6) is 1.17. The Bertz CT molecular complexity index is 837. The molecule has 1 atom stereocenters. The van der Waals surface area contributed by atoms with Crippen LogP contribution in [0.2, 0.25) is 0 Å². The second-order valence-electron chi connectivity index (χ2n) is 4.96. The van der Waals surface area contributed by atoms with Crippen molar-refractivity contribution in [3.05, 3.63) is 41.3 Å². The van der Waals surface area contributed by atoms with Gasteiger partial charge < -0.3 is 14.8 Å². The number of nitrogens with one attached hydrogen (secondary N) is 1. The highest BCUT2D eigenvalue weighted by atomic mass is 32.1. The Hall–Kier alpha value is -2.41. The fourth-order valence-corrected chi connectivity index (χ4v) is 3.12. The second kappa shape index (κ2) is 6.37. The van der Waals surface area contributed by atoms with E-state index in [-0.39, 0.29) is 11.9 Å². The fraction of sp³-hybridized carbons (Fsp3) is 0.250. The largest absolute Gasteiger partial charge is 0.493 e. The summed E-state index contributed by atoms with van der Waals surface area (Å²) in [6.07, 6.45) is 1.50. The zero-order chi connectivity index (χ0) is 16.4. The molecule has 0 aliphatic heterocycles. The van der Waals surface area contributed by atoms with Crippen molar-refractivity contribution in [2.75, 3.05) is 19.5 Å². The number of nitrogens with zero attached hydrogens (tertiary/aromatic N) is 2. The van der Waals surface area contributed by atoms with E-state index in [0.29, 0.717) is 22.9 Å². The molecule has 0 saturated heterocycles. The van der Waals surface area contributed by atoms with Crippen LogP contribution in [-0.2, 0) is 0 Å². The van der Waals surface area contributed by atoms with Crippen LogP contribution in [0.25, 0.3) is 10.2 Å². The maximum Gasteiger partial charge on any atom is 0.163 e. The van der Waals surface area contributed by atoms with E-state index in [4.69, 9.17) is 9.47 Å². The Morgan fingerprint density at radius 3 is 2.65 bits per heavy atom. The van der Waals surface area contributed by atoms with Gasteiger partial charge in [-0.2, -0.15) is 0 Å². The number of methoxy groups -OCH3 is 2. The minimum absolute atomic E-state index is 0.298. The smallest absolute Gasteiger partial charge is 0.163 e. The number of thiophene rings is 1. The number of rotatable bonds is 5. The van der Waals surface area contributed by atoms with Gasteiger partial charge in [-0.1, -0.05) is 0 Å². The molecule has 5 nitrogen and oxygen atoms in total. The van der Waals surface area contributed by atoms with Crippen molar-refractivity contribution in [1.29, 1.82) is 0 Å². The van der Waals surface area contributed by atoms with Crippen LogP contribution in [0.4, 0.5) is 10.2 Å². The molecule has 0 bridgehead atoms. The number of anilines is 1. The van der Waals surface area contributed by atoms with E-state index >= 15 is 0 Å². The molecule has 3 rings (SSSR count). The van der Waals surface area contributed by atoms with Crippen LogP contribution in [-0.4, -0.2) is 24.2 Å². The molecule has 2 heterocycles. The third-order valence-electron chi connectivity index (χ3n) is 3.58. The molecule has 0 fully saturated rings. The highest BCUT2D eigenvalue weighted by Crippen LogP contribution is 2.34. The number of fused-ring (bicyclic) bond motifs is 1. The monoisotopic (exact) mass is 333 g/mol. The van der Waals surface area contributed by atoms with Crippen LogP contribution in [0.5, 0.6) is 11.5 Å². The van der Waals surface area contributed by atoms with Gasteiger partial charge in [0.25, 0.3) is 0 Å². The summed E-state index contributed by atoms with van der Waals surface area (Å²) in [4.78, 5) is 9.35. The van der Waals surface area contributed by atoms with Gasteiger partial charge in [-0.15, -0.1) is 11.3 Å². The van der Waals surface area contributed by atoms with Crippen molar-refractivity contribution in [2.24, 2.45) is 0 Å². The van der Waals surface area contributed by atoms with E-state index in [1.54, 1.807) is 6.07 Å². The van der Waals surface area contributed by atoms with Crippen molar-refractivity contribution in [3.8, 4) is 11.5 Å². The van der Waals surface area contributed by atoms with Gasteiger partial charge in [0.1, 0.15) is 22.8 Å². The highest BCUT2D eigenvalue weighted by Gasteiger charge is 2.17. The minimum Gasteiger partial charge on any atom is -0.493 e. The normalized spacial score (nSPS) is 12.2.